The summed E-state index contributed by atoms with van der Waals surface area (Å²) in [5.74, 6) is 0.0820. The lowest BCUT2D eigenvalue weighted by Crippen LogP contribution is -2.37. The molecule has 0 spiro atoms. The molecule has 9 nitrogen and oxygen atoms in total. The fraction of sp³-hybridized carbons (Fsp3) is 0.214. The minimum absolute atomic E-state index is 0.135. The number of benzene rings is 3. The van der Waals surface area contributed by atoms with E-state index in [2.05, 4.69) is 5.32 Å². The number of carbonyl (C=O) groups excluding carboxylic acids is 3. The fourth-order valence-corrected chi connectivity index (χ4v) is 4.88. The summed E-state index contributed by atoms with van der Waals surface area (Å²) in [6, 6.07) is 17.7. The van der Waals surface area contributed by atoms with Gasteiger partial charge in [0.15, 0.2) is 16.6 Å². The number of nitrogens with one attached hydrogen (secondary N) is 1. The maximum atomic E-state index is 13.7. The van der Waals surface area contributed by atoms with Crippen LogP contribution in [0, 0.1) is 0 Å². The van der Waals surface area contributed by atoms with Gasteiger partial charge in [-0.1, -0.05) is 17.7 Å². The van der Waals surface area contributed by atoms with Crippen LogP contribution in [-0.4, -0.2) is 47.2 Å². The third-order valence-corrected chi connectivity index (χ3v) is 6.92. The average molecular weight is 566 g/mol. The molecule has 3 aromatic rings. The molecule has 5 rings (SSSR count). The predicted molar refractivity (Wildman–Crippen MR) is 149 cm³/mol. The number of rotatable bonds is 8. The molecule has 2 amide bonds. The van der Waals surface area contributed by atoms with Crippen molar-refractivity contribution >= 4 is 58.1 Å². The summed E-state index contributed by atoms with van der Waals surface area (Å²) < 4.78 is 15.9. The second-order valence-electron chi connectivity index (χ2n) is 8.81. The van der Waals surface area contributed by atoms with Crippen molar-refractivity contribution in [2.45, 2.75) is 25.9 Å². The molecule has 2 heterocycles. The van der Waals surface area contributed by atoms with E-state index in [-0.39, 0.29) is 43.3 Å². The third kappa shape index (κ3) is 5.67. The van der Waals surface area contributed by atoms with E-state index in [0.717, 1.165) is 5.56 Å². The number of amides is 2. The van der Waals surface area contributed by atoms with E-state index >= 15 is 0 Å². The Labute approximate surface area is 235 Å². The van der Waals surface area contributed by atoms with Gasteiger partial charge < -0.3 is 24.4 Å². The Morgan fingerprint density at radius 3 is 2.49 bits per heavy atom. The number of hydrogen-bond donors (Lipinski definition) is 1. The highest BCUT2D eigenvalue weighted by Gasteiger charge is 2.44. The number of nitrogens with zero attached hydrogens (tertiary/aromatic N) is 2. The molecule has 0 unspecified atom stereocenters. The van der Waals surface area contributed by atoms with E-state index in [1.165, 1.54) is 4.90 Å². The van der Waals surface area contributed by atoms with Crippen LogP contribution in [0.25, 0.3) is 0 Å². The Balaban J connectivity index is 1.40. The van der Waals surface area contributed by atoms with Crippen LogP contribution < -0.4 is 19.7 Å². The molecule has 2 aliphatic heterocycles. The maximum Gasteiger partial charge on any atom is 0.338 e. The van der Waals surface area contributed by atoms with Gasteiger partial charge in [0.05, 0.1) is 24.3 Å². The van der Waals surface area contributed by atoms with Crippen LogP contribution in [0.15, 0.2) is 66.7 Å². The van der Waals surface area contributed by atoms with Crippen molar-refractivity contribution in [3.05, 3.63) is 82.9 Å². The first-order valence-electron chi connectivity index (χ1n) is 12.2. The molecule has 0 bridgehead atoms. The van der Waals surface area contributed by atoms with Crippen molar-refractivity contribution in [3.8, 4) is 11.5 Å². The molecule has 1 N–H and O–H groups in total. The van der Waals surface area contributed by atoms with Crippen molar-refractivity contribution in [1.82, 2.24) is 4.90 Å². The van der Waals surface area contributed by atoms with Crippen LogP contribution in [0.5, 0.6) is 11.5 Å². The SMILES string of the molecule is CCOC(=O)c1ccc(N2C(=O)[C@H](CC(=O)Nc3ccc(Cl)cc3)N(Cc3ccc4c(c3)OCO4)C2=S)cc1. The van der Waals surface area contributed by atoms with Gasteiger partial charge in [-0.3, -0.25) is 14.5 Å². The molecule has 1 saturated heterocycles. The van der Waals surface area contributed by atoms with Crippen molar-refractivity contribution in [3.63, 3.8) is 0 Å². The number of anilines is 2. The maximum absolute atomic E-state index is 13.7. The summed E-state index contributed by atoms with van der Waals surface area (Å²) in [5.41, 5.74) is 2.23. The Bertz CT molecular complexity index is 1430. The van der Waals surface area contributed by atoms with Gasteiger partial charge in [-0.25, -0.2) is 4.79 Å². The average Bonchev–Trinajstić information content (AvgIpc) is 3.48. The number of fused-ring (bicyclic) bond motifs is 1. The topological polar surface area (TPSA) is 97.4 Å². The second kappa shape index (κ2) is 11.3. The summed E-state index contributed by atoms with van der Waals surface area (Å²) >= 11 is 11.7. The van der Waals surface area contributed by atoms with Crippen LogP contribution in [0.3, 0.4) is 0 Å². The highest BCUT2D eigenvalue weighted by atomic mass is 35.5. The van der Waals surface area contributed by atoms with E-state index in [1.54, 1.807) is 66.4 Å². The fourth-order valence-electron chi connectivity index (χ4n) is 4.37. The van der Waals surface area contributed by atoms with E-state index < -0.39 is 12.0 Å². The van der Waals surface area contributed by atoms with E-state index in [1.807, 2.05) is 12.1 Å². The van der Waals surface area contributed by atoms with Crippen molar-refractivity contribution in [1.29, 1.82) is 0 Å². The van der Waals surface area contributed by atoms with Gasteiger partial charge in [-0.2, -0.15) is 0 Å². The van der Waals surface area contributed by atoms with Gasteiger partial charge in [0.2, 0.25) is 12.7 Å². The highest BCUT2D eigenvalue weighted by molar-refractivity contribution is 7.80. The van der Waals surface area contributed by atoms with Gasteiger partial charge in [-0.05, 0) is 85.4 Å². The van der Waals surface area contributed by atoms with Crippen LogP contribution in [-0.2, 0) is 20.9 Å². The molecule has 2 aliphatic rings. The Hall–Kier alpha value is -4.15. The van der Waals surface area contributed by atoms with Crippen LogP contribution in [0.4, 0.5) is 11.4 Å². The van der Waals surface area contributed by atoms with Gasteiger partial charge in [-0.15, -0.1) is 0 Å². The molecule has 0 radical (unpaired) electrons. The lowest BCUT2D eigenvalue weighted by Gasteiger charge is -2.24. The van der Waals surface area contributed by atoms with Gasteiger partial charge >= 0.3 is 5.97 Å². The molecule has 3 aromatic carbocycles. The number of esters is 1. The number of ether oxygens (including phenoxy) is 3. The standard InChI is InChI=1S/C28H24ClN3O6S/c1-2-36-27(35)18-4-10-21(11-5-18)32-26(34)22(14-25(33)30-20-8-6-19(29)7-9-20)31(28(32)39)15-17-3-12-23-24(13-17)38-16-37-23/h3-13,22H,2,14-16H2,1H3,(H,30,33)/t22-/m0/s1. The Kier molecular flexibility index (Phi) is 7.67. The molecular formula is C28H24ClN3O6S. The second-order valence-corrected chi connectivity index (χ2v) is 9.62. The van der Waals surface area contributed by atoms with Crippen LogP contribution in [0.2, 0.25) is 5.02 Å². The summed E-state index contributed by atoms with van der Waals surface area (Å²) in [4.78, 5) is 41.9. The highest BCUT2D eigenvalue weighted by Crippen LogP contribution is 2.35. The Morgan fingerprint density at radius 2 is 1.77 bits per heavy atom. The molecular weight excluding hydrogens is 542 g/mol. The number of thiocarbonyl (C=S) groups is 1. The number of halogens is 1. The normalized spacial score (nSPS) is 16.0. The quantitative estimate of drug-likeness (QED) is 0.308. The first-order chi connectivity index (χ1) is 18.8. The molecule has 0 saturated carbocycles. The first-order valence-corrected chi connectivity index (χ1v) is 13.0. The Morgan fingerprint density at radius 1 is 1.05 bits per heavy atom. The zero-order chi connectivity index (χ0) is 27.5. The molecule has 1 atom stereocenters. The van der Waals surface area contributed by atoms with E-state index in [4.69, 9.17) is 38.0 Å². The van der Waals surface area contributed by atoms with E-state index in [9.17, 15) is 14.4 Å². The minimum atomic E-state index is -0.861. The molecule has 39 heavy (non-hydrogen) atoms. The number of carbonyl (C=O) groups is 3. The van der Waals surface area contributed by atoms with Crippen molar-refractivity contribution in [2.75, 3.05) is 23.6 Å². The third-order valence-electron chi connectivity index (χ3n) is 6.25. The lowest BCUT2D eigenvalue weighted by atomic mass is 10.1. The number of hydrogen-bond acceptors (Lipinski definition) is 7. The summed E-state index contributed by atoms with van der Waals surface area (Å²) in [7, 11) is 0. The van der Waals surface area contributed by atoms with Crippen molar-refractivity contribution in [2.24, 2.45) is 0 Å². The predicted octanol–water partition coefficient (Wildman–Crippen LogP) is 4.78. The van der Waals surface area contributed by atoms with Gasteiger partial charge in [0, 0.05) is 17.3 Å². The summed E-state index contributed by atoms with van der Waals surface area (Å²) in [6.07, 6.45) is -0.135. The molecule has 1 fully saturated rings. The largest absolute Gasteiger partial charge is 0.462 e. The van der Waals surface area contributed by atoms with Crippen molar-refractivity contribution < 1.29 is 28.6 Å². The molecule has 0 aliphatic carbocycles. The zero-order valence-corrected chi connectivity index (χ0v) is 22.5. The van der Waals surface area contributed by atoms with Crippen LogP contribution in [0.1, 0.15) is 29.3 Å². The first kappa shape index (κ1) is 26.5. The van der Waals surface area contributed by atoms with Crippen LogP contribution >= 0.6 is 23.8 Å². The van der Waals surface area contributed by atoms with E-state index in [0.29, 0.717) is 33.5 Å². The molecule has 200 valence electrons. The summed E-state index contributed by atoms with van der Waals surface area (Å²) in [6.45, 7) is 2.38. The zero-order valence-electron chi connectivity index (χ0n) is 20.9. The van der Waals surface area contributed by atoms with Gasteiger partial charge in [0.25, 0.3) is 5.91 Å². The summed E-state index contributed by atoms with van der Waals surface area (Å²) in [5, 5.41) is 3.60. The smallest absolute Gasteiger partial charge is 0.338 e. The lowest BCUT2D eigenvalue weighted by molar-refractivity contribution is -0.124. The molecule has 11 heteroatoms. The minimum Gasteiger partial charge on any atom is -0.462 e. The molecule has 0 aromatic heterocycles. The monoisotopic (exact) mass is 565 g/mol. The van der Waals surface area contributed by atoms with Gasteiger partial charge in [0.1, 0.15) is 6.04 Å².